The molecular formula is C19H19Cl2F2NO3. The molecule has 0 atom stereocenters. The fourth-order valence-corrected chi connectivity index (χ4v) is 2.78. The number of benzene rings is 2. The Bertz CT molecular complexity index is 788. The van der Waals surface area contributed by atoms with Crippen molar-refractivity contribution in [1.29, 1.82) is 0 Å². The van der Waals surface area contributed by atoms with E-state index in [9.17, 15) is 13.6 Å². The summed E-state index contributed by atoms with van der Waals surface area (Å²) in [5.74, 6) is -0.00641. The smallest absolute Gasteiger partial charge is 0.387 e. The van der Waals surface area contributed by atoms with Gasteiger partial charge in [-0.3, -0.25) is 4.79 Å². The molecule has 8 heteroatoms. The molecule has 0 aliphatic heterocycles. The number of amides is 1. The number of halogens is 4. The van der Waals surface area contributed by atoms with Crippen molar-refractivity contribution in [2.45, 2.75) is 32.4 Å². The normalized spacial score (nSPS) is 10.7. The Morgan fingerprint density at radius 3 is 2.48 bits per heavy atom. The van der Waals surface area contributed by atoms with Crippen LogP contribution in [0, 0.1) is 0 Å². The molecule has 0 unspecified atom stereocenters. The Labute approximate surface area is 166 Å². The molecule has 4 nitrogen and oxygen atoms in total. The molecule has 2 aromatic rings. The van der Waals surface area contributed by atoms with Crippen molar-refractivity contribution in [2.24, 2.45) is 0 Å². The predicted octanol–water partition coefficient (Wildman–Crippen LogP) is 5.24. The number of methoxy groups -OCH3 is 1. The summed E-state index contributed by atoms with van der Waals surface area (Å²) >= 11 is 11.8. The van der Waals surface area contributed by atoms with Crippen molar-refractivity contribution in [1.82, 2.24) is 5.32 Å². The molecule has 0 saturated carbocycles. The highest BCUT2D eigenvalue weighted by molar-refractivity contribution is 6.42. The molecule has 0 aliphatic rings. The van der Waals surface area contributed by atoms with Crippen LogP contribution < -0.4 is 14.8 Å². The number of ether oxygens (including phenoxy) is 2. The summed E-state index contributed by atoms with van der Waals surface area (Å²) in [7, 11) is 1.36. The lowest BCUT2D eigenvalue weighted by molar-refractivity contribution is -0.121. The van der Waals surface area contributed by atoms with Crippen LogP contribution in [0.5, 0.6) is 11.5 Å². The van der Waals surface area contributed by atoms with Gasteiger partial charge in [0.2, 0.25) is 5.91 Å². The lowest BCUT2D eigenvalue weighted by Gasteiger charge is -2.12. The summed E-state index contributed by atoms with van der Waals surface area (Å²) in [6, 6.07) is 9.98. The van der Waals surface area contributed by atoms with Crippen LogP contribution in [0.15, 0.2) is 36.4 Å². The quantitative estimate of drug-likeness (QED) is 0.606. The van der Waals surface area contributed by atoms with Gasteiger partial charge < -0.3 is 14.8 Å². The highest BCUT2D eigenvalue weighted by atomic mass is 35.5. The molecule has 2 rings (SSSR count). The van der Waals surface area contributed by atoms with Gasteiger partial charge in [-0.25, -0.2) is 0 Å². The second-order valence-corrected chi connectivity index (χ2v) is 6.56. The maximum Gasteiger partial charge on any atom is 0.387 e. The number of hydrogen-bond acceptors (Lipinski definition) is 3. The second kappa shape index (κ2) is 10.3. The van der Waals surface area contributed by atoms with Crippen LogP contribution in [-0.4, -0.2) is 19.6 Å². The average molecular weight is 418 g/mol. The maximum absolute atomic E-state index is 12.4. The van der Waals surface area contributed by atoms with Crippen LogP contribution >= 0.6 is 23.2 Å². The first-order valence-electron chi connectivity index (χ1n) is 8.21. The van der Waals surface area contributed by atoms with Gasteiger partial charge in [0, 0.05) is 13.0 Å². The summed E-state index contributed by atoms with van der Waals surface area (Å²) in [6.07, 6.45) is 1.67. The van der Waals surface area contributed by atoms with Crippen LogP contribution in [0.25, 0.3) is 0 Å². The molecule has 1 N–H and O–H groups in total. The van der Waals surface area contributed by atoms with E-state index >= 15 is 0 Å². The van der Waals surface area contributed by atoms with Gasteiger partial charge in [0.05, 0.1) is 17.2 Å². The van der Waals surface area contributed by atoms with E-state index in [0.717, 1.165) is 5.56 Å². The summed E-state index contributed by atoms with van der Waals surface area (Å²) in [5.41, 5.74) is 1.63. The highest BCUT2D eigenvalue weighted by Gasteiger charge is 2.12. The van der Waals surface area contributed by atoms with E-state index in [-0.39, 0.29) is 24.0 Å². The fourth-order valence-electron chi connectivity index (χ4n) is 2.46. The van der Waals surface area contributed by atoms with Crippen molar-refractivity contribution in [3.63, 3.8) is 0 Å². The third-order valence-corrected chi connectivity index (χ3v) is 4.53. The zero-order valence-corrected chi connectivity index (χ0v) is 16.1. The molecule has 0 bridgehead atoms. The van der Waals surface area contributed by atoms with Crippen LogP contribution in [0.2, 0.25) is 10.0 Å². The predicted molar refractivity (Wildman–Crippen MR) is 101 cm³/mol. The number of aryl methyl sites for hydroxylation is 1. The van der Waals surface area contributed by atoms with Gasteiger partial charge in [0.25, 0.3) is 0 Å². The zero-order valence-electron chi connectivity index (χ0n) is 14.6. The van der Waals surface area contributed by atoms with Crippen LogP contribution in [-0.2, 0) is 17.8 Å². The molecule has 0 saturated heterocycles. The van der Waals surface area contributed by atoms with Crippen molar-refractivity contribution >= 4 is 29.1 Å². The summed E-state index contributed by atoms with van der Waals surface area (Å²) in [4.78, 5) is 12.0. The Kier molecular flexibility index (Phi) is 8.13. The second-order valence-electron chi connectivity index (χ2n) is 5.74. The molecule has 146 valence electrons. The third kappa shape index (κ3) is 6.88. The lowest BCUT2D eigenvalue weighted by atomic mass is 10.1. The van der Waals surface area contributed by atoms with Gasteiger partial charge in [-0.15, -0.1) is 0 Å². The number of alkyl halides is 2. The van der Waals surface area contributed by atoms with E-state index in [1.54, 1.807) is 18.2 Å². The molecule has 0 spiro atoms. The zero-order chi connectivity index (χ0) is 19.8. The van der Waals surface area contributed by atoms with E-state index in [1.807, 2.05) is 6.07 Å². The van der Waals surface area contributed by atoms with Crippen molar-refractivity contribution in [3.8, 4) is 11.5 Å². The van der Waals surface area contributed by atoms with Gasteiger partial charge in [-0.05, 0) is 48.2 Å². The van der Waals surface area contributed by atoms with Crippen molar-refractivity contribution in [3.05, 3.63) is 57.6 Å². The fraction of sp³-hybridized carbons (Fsp3) is 0.316. The first-order chi connectivity index (χ1) is 12.9. The molecular weight excluding hydrogens is 399 g/mol. The Morgan fingerprint density at radius 1 is 1.07 bits per heavy atom. The molecule has 0 radical (unpaired) electrons. The van der Waals surface area contributed by atoms with Gasteiger partial charge in [-0.2, -0.15) is 8.78 Å². The number of rotatable bonds is 9. The Balaban J connectivity index is 1.81. The van der Waals surface area contributed by atoms with E-state index < -0.39 is 6.61 Å². The first-order valence-corrected chi connectivity index (χ1v) is 8.97. The monoisotopic (exact) mass is 417 g/mol. The maximum atomic E-state index is 12.4. The minimum absolute atomic E-state index is 0.0705. The molecule has 0 aliphatic carbocycles. The minimum Gasteiger partial charge on any atom is -0.493 e. The Hall–Kier alpha value is -2.05. The van der Waals surface area contributed by atoms with Crippen LogP contribution in [0.1, 0.15) is 24.0 Å². The number of carbonyl (C=O) groups excluding carboxylic acids is 1. The average Bonchev–Trinajstić information content (AvgIpc) is 2.62. The molecule has 2 aromatic carbocycles. The highest BCUT2D eigenvalue weighted by Crippen LogP contribution is 2.29. The summed E-state index contributed by atoms with van der Waals surface area (Å²) < 4.78 is 34.3. The largest absolute Gasteiger partial charge is 0.493 e. The molecule has 1 amide bonds. The molecule has 27 heavy (non-hydrogen) atoms. The van der Waals surface area contributed by atoms with Gasteiger partial charge >= 0.3 is 6.61 Å². The Morgan fingerprint density at radius 2 is 1.81 bits per heavy atom. The third-order valence-electron chi connectivity index (χ3n) is 3.79. The molecule has 0 aromatic heterocycles. The standard InChI is InChI=1S/C19H19Cl2F2NO3/c1-26-16-8-6-13(10-17(16)27-19(22)23)11-24-18(25)4-2-3-12-5-7-14(20)15(21)9-12/h5-10,19H,2-4,11H2,1H3,(H,24,25). The van der Waals surface area contributed by atoms with E-state index in [2.05, 4.69) is 10.1 Å². The van der Waals surface area contributed by atoms with E-state index in [0.29, 0.717) is 34.9 Å². The minimum atomic E-state index is -2.95. The number of nitrogens with one attached hydrogen (secondary N) is 1. The molecule has 0 fully saturated rings. The van der Waals surface area contributed by atoms with Crippen molar-refractivity contribution in [2.75, 3.05) is 7.11 Å². The molecule has 0 heterocycles. The SMILES string of the molecule is COc1ccc(CNC(=O)CCCc2ccc(Cl)c(Cl)c2)cc1OC(F)F. The number of carbonyl (C=O) groups is 1. The summed E-state index contributed by atoms with van der Waals surface area (Å²) in [6.45, 7) is -2.75. The van der Waals surface area contributed by atoms with Crippen LogP contribution in [0.3, 0.4) is 0 Å². The van der Waals surface area contributed by atoms with Crippen LogP contribution in [0.4, 0.5) is 8.78 Å². The van der Waals surface area contributed by atoms with Gasteiger partial charge in [0.1, 0.15) is 0 Å². The van der Waals surface area contributed by atoms with E-state index in [4.69, 9.17) is 27.9 Å². The number of hydrogen-bond donors (Lipinski definition) is 1. The van der Waals surface area contributed by atoms with Gasteiger partial charge in [0.15, 0.2) is 11.5 Å². The summed E-state index contributed by atoms with van der Waals surface area (Å²) in [5, 5.41) is 3.73. The van der Waals surface area contributed by atoms with E-state index in [1.165, 1.54) is 19.2 Å². The lowest BCUT2D eigenvalue weighted by Crippen LogP contribution is -2.22. The first kappa shape index (κ1) is 21.3. The van der Waals surface area contributed by atoms with Gasteiger partial charge in [-0.1, -0.05) is 35.3 Å². The van der Waals surface area contributed by atoms with Crippen molar-refractivity contribution < 1.29 is 23.0 Å². The topological polar surface area (TPSA) is 47.6 Å².